The molecule has 0 aliphatic carbocycles. The second-order valence-electron chi connectivity index (χ2n) is 5.31. The molecule has 0 bridgehead atoms. The molecule has 0 saturated heterocycles. The highest BCUT2D eigenvalue weighted by Gasteiger charge is 2.09. The molecule has 0 aliphatic rings. The number of benzene rings is 2. The quantitative estimate of drug-likeness (QED) is 0.439. The lowest BCUT2D eigenvalue weighted by atomic mass is 10.2. The molecule has 0 saturated carbocycles. The first kappa shape index (κ1) is 30.1. The summed E-state index contributed by atoms with van der Waals surface area (Å²) in [5, 5.41) is 0. The topological polar surface area (TPSA) is 47.4 Å². The molecular formula is C26H41N3O2. The van der Waals surface area contributed by atoms with E-state index in [4.69, 9.17) is 4.74 Å². The fourth-order valence-electron chi connectivity index (χ4n) is 2.15. The summed E-state index contributed by atoms with van der Waals surface area (Å²) in [6.07, 6.45) is 5.26. The number of nitrogens with zero attached hydrogens (tertiary/aromatic N) is 3. The SMILES string of the molecule is CC.CC.CC.CCOC(=O)N(C)c1ccccc1.c1ccc(Cn2ccnc2)cc1. The number of aromatic nitrogens is 2. The van der Waals surface area contributed by atoms with Crippen LogP contribution in [0.15, 0.2) is 79.4 Å². The van der Waals surface area contributed by atoms with Crippen LogP contribution in [0.5, 0.6) is 0 Å². The Kier molecular flexibility index (Phi) is 21.0. The van der Waals surface area contributed by atoms with Gasteiger partial charge in [-0.25, -0.2) is 9.78 Å². The maximum atomic E-state index is 11.2. The van der Waals surface area contributed by atoms with Gasteiger partial charge in [0.2, 0.25) is 0 Å². The van der Waals surface area contributed by atoms with E-state index in [0.29, 0.717) is 6.61 Å². The van der Waals surface area contributed by atoms with Crippen LogP contribution in [-0.2, 0) is 11.3 Å². The van der Waals surface area contributed by atoms with Crippen molar-refractivity contribution in [1.29, 1.82) is 0 Å². The van der Waals surface area contributed by atoms with Crippen molar-refractivity contribution >= 4 is 11.8 Å². The Morgan fingerprint density at radius 2 is 1.42 bits per heavy atom. The Balaban J connectivity index is 0. The number of ether oxygens (including phenoxy) is 1. The summed E-state index contributed by atoms with van der Waals surface area (Å²) in [4.78, 5) is 16.7. The van der Waals surface area contributed by atoms with Gasteiger partial charge in [0.05, 0.1) is 12.9 Å². The Bertz CT molecular complexity index is 730. The van der Waals surface area contributed by atoms with Gasteiger partial charge in [-0.1, -0.05) is 90.1 Å². The third-order valence-electron chi connectivity index (χ3n) is 3.45. The fourth-order valence-corrected chi connectivity index (χ4v) is 2.15. The number of rotatable bonds is 4. The van der Waals surface area contributed by atoms with E-state index < -0.39 is 0 Å². The van der Waals surface area contributed by atoms with Gasteiger partial charge in [-0.3, -0.25) is 4.90 Å². The van der Waals surface area contributed by atoms with E-state index in [1.165, 1.54) is 10.5 Å². The number of amides is 1. The van der Waals surface area contributed by atoms with Crippen molar-refractivity contribution in [3.63, 3.8) is 0 Å². The summed E-state index contributed by atoms with van der Waals surface area (Å²) in [6.45, 7) is 15.1. The van der Waals surface area contributed by atoms with Crippen LogP contribution in [0.2, 0.25) is 0 Å². The number of hydrogen-bond donors (Lipinski definition) is 0. The van der Waals surface area contributed by atoms with Gasteiger partial charge in [0.1, 0.15) is 0 Å². The molecule has 3 rings (SSSR count). The number of para-hydroxylation sites is 1. The summed E-state index contributed by atoms with van der Waals surface area (Å²) < 4.78 is 6.90. The molecule has 1 aromatic heterocycles. The van der Waals surface area contributed by atoms with Gasteiger partial charge in [0.25, 0.3) is 0 Å². The van der Waals surface area contributed by atoms with Crippen LogP contribution in [0.25, 0.3) is 0 Å². The molecule has 1 heterocycles. The number of carbonyl (C=O) groups is 1. The summed E-state index contributed by atoms with van der Waals surface area (Å²) in [5.41, 5.74) is 2.14. The lowest BCUT2D eigenvalue weighted by Gasteiger charge is -2.15. The van der Waals surface area contributed by atoms with Crippen molar-refractivity contribution in [1.82, 2.24) is 9.55 Å². The molecule has 31 heavy (non-hydrogen) atoms. The first-order valence-electron chi connectivity index (χ1n) is 11.2. The summed E-state index contributed by atoms with van der Waals surface area (Å²) in [7, 11) is 1.69. The number of anilines is 1. The molecule has 5 heteroatoms. The molecule has 2 aromatic carbocycles. The maximum absolute atomic E-state index is 11.2. The van der Waals surface area contributed by atoms with Gasteiger partial charge in [-0.2, -0.15) is 0 Å². The average molecular weight is 428 g/mol. The molecule has 1 amide bonds. The third-order valence-corrected chi connectivity index (χ3v) is 3.45. The highest BCUT2D eigenvalue weighted by molar-refractivity contribution is 5.86. The van der Waals surface area contributed by atoms with E-state index in [2.05, 4.69) is 21.7 Å². The molecule has 0 atom stereocenters. The Labute approximate surface area is 189 Å². The van der Waals surface area contributed by atoms with Crippen molar-refractivity contribution in [3.05, 3.63) is 84.9 Å². The van der Waals surface area contributed by atoms with E-state index in [1.54, 1.807) is 20.2 Å². The predicted molar refractivity (Wildman–Crippen MR) is 134 cm³/mol. The van der Waals surface area contributed by atoms with Gasteiger partial charge < -0.3 is 9.30 Å². The molecule has 0 fully saturated rings. The van der Waals surface area contributed by atoms with Crippen molar-refractivity contribution < 1.29 is 9.53 Å². The minimum Gasteiger partial charge on any atom is -0.449 e. The van der Waals surface area contributed by atoms with Gasteiger partial charge in [0.15, 0.2) is 0 Å². The first-order chi connectivity index (χ1) is 15.2. The lowest BCUT2D eigenvalue weighted by Crippen LogP contribution is -2.26. The van der Waals surface area contributed by atoms with E-state index in [-0.39, 0.29) is 6.09 Å². The smallest absolute Gasteiger partial charge is 0.413 e. The summed E-state index contributed by atoms with van der Waals surface area (Å²) in [5.74, 6) is 0. The van der Waals surface area contributed by atoms with Crippen LogP contribution in [0.3, 0.4) is 0 Å². The molecule has 5 nitrogen and oxygen atoms in total. The molecule has 0 radical (unpaired) electrons. The van der Waals surface area contributed by atoms with Crippen molar-refractivity contribution in [2.24, 2.45) is 0 Å². The van der Waals surface area contributed by atoms with Crippen LogP contribution in [0.1, 0.15) is 54.0 Å². The van der Waals surface area contributed by atoms with Gasteiger partial charge in [0, 0.05) is 31.7 Å². The summed E-state index contributed by atoms with van der Waals surface area (Å²) in [6, 6.07) is 19.7. The normalized spacial score (nSPS) is 8.39. The highest BCUT2D eigenvalue weighted by atomic mass is 16.6. The van der Waals surface area contributed by atoms with Crippen LogP contribution >= 0.6 is 0 Å². The van der Waals surface area contributed by atoms with Crippen molar-refractivity contribution in [2.75, 3.05) is 18.6 Å². The minimum absolute atomic E-state index is 0.325. The Morgan fingerprint density at radius 3 is 1.87 bits per heavy atom. The minimum atomic E-state index is -0.325. The van der Waals surface area contributed by atoms with Gasteiger partial charge in [-0.15, -0.1) is 0 Å². The van der Waals surface area contributed by atoms with Crippen LogP contribution in [0.4, 0.5) is 10.5 Å². The van der Waals surface area contributed by atoms with Gasteiger partial charge >= 0.3 is 6.09 Å². The molecule has 0 aliphatic heterocycles. The van der Waals surface area contributed by atoms with Gasteiger partial charge in [-0.05, 0) is 24.6 Å². The predicted octanol–water partition coefficient (Wildman–Crippen LogP) is 7.29. The number of hydrogen-bond acceptors (Lipinski definition) is 3. The lowest BCUT2D eigenvalue weighted by molar-refractivity contribution is 0.161. The maximum Gasteiger partial charge on any atom is 0.413 e. The fraction of sp³-hybridized carbons (Fsp3) is 0.385. The molecule has 0 spiro atoms. The first-order valence-corrected chi connectivity index (χ1v) is 11.2. The zero-order chi connectivity index (χ0) is 23.9. The average Bonchev–Trinajstić information content (AvgIpc) is 3.37. The monoisotopic (exact) mass is 427 g/mol. The van der Waals surface area contributed by atoms with Crippen LogP contribution in [-0.4, -0.2) is 29.3 Å². The third kappa shape index (κ3) is 13.7. The second-order valence-corrected chi connectivity index (χ2v) is 5.31. The Morgan fingerprint density at radius 1 is 0.903 bits per heavy atom. The number of carbonyl (C=O) groups excluding carboxylic acids is 1. The Hall–Kier alpha value is -3.08. The second kappa shape index (κ2) is 21.6. The number of imidazole rings is 1. The molecule has 0 N–H and O–H groups in total. The molecule has 172 valence electrons. The molecular weight excluding hydrogens is 386 g/mol. The molecule has 3 aromatic rings. The van der Waals surface area contributed by atoms with E-state index in [0.717, 1.165) is 12.2 Å². The van der Waals surface area contributed by atoms with Crippen molar-refractivity contribution in [2.45, 2.75) is 55.0 Å². The zero-order valence-corrected chi connectivity index (χ0v) is 20.6. The largest absolute Gasteiger partial charge is 0.449 e. The summed E-state index contributed by atoms with van der Waals surface area (Å²) >= 11 is 0. The van der Waals surface area contributed by atoms with Crippen molar-refractivity contribution in [3.8, 4) is 0 Å². The van der Waals surface area contributed by atoms with E-state index in [1.807, 2.05) is 103 Å². The van der Waals surface area contributed by atoms with Crippen LogP contribution in [0, 0.1) is 0 Å². The standard InChI is InChI=1S/C10H10N2.C10H13NO2.3C2H6/c1-2-4-10(5-3-1)8-12-7-6-11-9-12;1-3-13-10(12)11(2)9-7-5-4-6-8-9;3*1-2/h1-7,9H,8H2;4-8H,3H2,1-2H3;3*1-2H3. The molecule has 0 unspecified atom stereocenters. The van der Waals surface area contributed by atoms with E-state index in [9.17, 15) is 4.79 Å². The highest BCUT2D eigenvalue weighted by Crippen LogP contribution is 2.11. The zero-order valence-electron chi connectivity index (χ0n) is 20.6. The van der Waals surface area contributed by atoms with Crippen LogP contribution < -0.4 is 4.90 Å². The van der Waals surface area contributed by atoms with E-state index >= 15 is 0 Å².